The van der Waals surface area contributed by atoms with E-state index in [1.165, 1.54) is 0 Å². The first kappa shape index (κ1) is 14.0. The number of aryl methyl sites for hydroxylation is 1. The quantitative estimate of drug-likeness (QED) is 0.851. The number of rotatable bonds is 4. The van der Waals surface area contributed by atoms with Crippen molar-refractivity contribution in [2.45, 2.75) is 11.3 Å². The molecule has 100 valence electrons. The van der Waals surface area contributed by atoms with Crippen LogP contribution in [0.15, 0.2) is 35.4 Å². The van der Waals surface area contributed by atoms with Gasteiger partial charge in [0.25, 0.3) is 5.91 Å². The predicted octanol–water partition coefficient (Wildman–Crippen LogP) is 2.33. The van der Waals surface area contributed by atoms with Crippen LogP contribution in [0, 0.1) is 0 Å². The van der Waals surface area contributed by atoms with Gasteiger partial charge in [-0.1, -0.05) is 11.6 Å². The Kier molecular flexibility index (Phi) is 4.50. The van der Waals surface area contributed by atoms with Crippen molar-refractivity contribution in [3.05, 3.63) is 46.7 Å². The zero-order valence-corrected chi connectivity index (χ0v) is 12.1. The molecule has 1 aromatic heterocycles. The first-order valence-electron chi connectivity index (χ1n) is 5.81. The van der Waals surface area contributed by atoms with Crippen molar-refractivity contribution in [1.82, 2.24) is 15.1 Å². The second kappa shape index (κ2) is 6.12. The van der Waals surface area contributed by atoms with Gasteiger partial charge in [-0.3, -0.25) is 9.48 Å². The Hall–Kier alpha value is -1.46. The number of amides is 1. The minimum atomic E-state index is -0.197. The van der Waals surface area contributed by atoms with E-state index in [4.69, 9.17) is 11.6 Å². The summed E-state index contributed by atoms with van der Waals surface area (Å²) in [4.78, 5) is 12.7. The fourth-order valence-electron chi connectivity index (χ4n) is 1.68. The molecule has 1 N–H and O–H groups in total. The van der Waals surface area contributed by atoms with Crippen molar-refractivity contribution < 1.29 is 4.79 Å². The number of nitrogens with one attached hydrogen (secondary N) is 1. The van der Waals surface area contributed by atoms with Gasteiger partial charge in [0.05, 0.1) is 16.3 Å². The number of nitrogens with zero attached hydrogens (tertiary/aromatic N) is 2. The summed E-state index contributed by atoms with van der Waals surface area (Å²) < 4.78 is 1.73. The van der Waals surface area contributed by atoms with Gasteiger partial charge in [-0.05, 0) is 24.3 Å². The molecular formula is C13H14ClN3OS. The molecule has 19 heavy (non-hydrogen) atoms. The molecule has 0 saturated heterocycles. The van der Waals surface area contributed by atoms with Gasteiger partial charge >= 0.3 is 0 Å². The Morgan fingerprint density at radius 1 is 1.47 bits per heavy atom. The third kappa shape index (κ3) is 3.75. The van der Waals surface area contributed by atoms with Crippen molar-refractivity contribution in [3.63, 3.8) is 0 Å². The Bertz CT molecular complexity index is 597. The molecule has 1 heterocycles. The largest absolute Gasteiger partial charge is 0.352 e. The van der Waals surface area contributed by atoms with E-state index in [-0.39, 0.29) is 5.91 Å². The third-order valence-electron chi connectivity index (χ3n) is 2.63. The summed E-state index contributed by atoms with van der Waals surface area (Å²) in [6, 6.07) is 6.99. The third-order valence-corrected chi connectivity index (χ3v) is 3.24. The van der Waals surface area contributed by atoms with E-state index in [0.29, 0.717) is 28.4 Å². The fraction of sp³-hybridized carbons (Fsp3) is 0.231. The van der Waals surface area contributed by atoms with Crippen LogP contribution in [0.25, 0.3) is 0 Å². The highest BCUT2D eigenvalue weighted by atomic mass is 35.5. The van der Waals surface area contributed by atoms with Gasteiger partial charge in [0.1, 0.15) is 0 Å². The molecule has 0 aliphatic rings. The Labute approximate surface area is 122 Å². The highest BCUT2D eigenvalue weighted by Gasteiger charge is 2.10. The highest BCUT2D eigenvalue weighted by molar-refractivity contribution is 7.80. The molecule has 0 saturated carbocycles. The summed E-state index contributed by atoms with van der Waals surface area (Å²) >= 11 is 10.2. The predicted molar refractivity (Wildman–Crippen MR) is 77.9 cm³/mol. The molecule has 0 bridgehead atoms. The lowest BCUT2D eigenvalue weighted by Crippen LogP contribution is -2.26. The second-order valence-corrected chi connectivity index (χ2v) is 5.07. The minimum absolute atomic E-state index is 0.197. The number of hydrogen-bond donors (Lipinski definition) is 2. The van der Waals surface area contributed by atoms with Crippen LogP contribution in [0.1, 0.15) is 16.1 Å². The number of halogens is 1. The van der Waals surface area contributed by atoms with Crippen LogP contribution in [0.3, 0.4) is 0 Å². The maximum absolute atomic E-state index is 12.0. The summed E-state index contributed by atoms with van der Waals surface area (Å²) in [5.41, 5.74) is 1.38. The van der Waals surface area contributed by atoms with E-state index in [1.54, 1.807) is 22.9 Å². The Balaban J connectivity index is 1.92. The van der Waals surface area contributed by atoms with Crippen LogP contribution in [-0.2, 0) is 13.5 Å². The van der Waals surface area contributed by atoms with Crippen molar-refractivity contribution >= 4 is 30.1 Å². The standard InChI is InChI=1S/C13H14ClN3OS/c1-17-7-5-9(16-17)4-6-15-13(18)11-8-10(19)2-3-12(11)14/h2-3,5,7-8,19H,4,6H2,1H3,(H,15,18). The highest BCUT2D eigenvalue weighted by Crippen LogP contribution is 2.19. The second-order valence-electron chi connectivity index (χ2n) is 4.15. The summed E-state index contributed by atoms with van der Waals surface area (Å²) in [6.45, 7) is 0.517. The first-order valence-corrected chi connectivity index (χ1v) is 6.64. The van der Waals surface area contributed by atoms with Crippen LogP contribution in [-0.4, -0.2) is 22.2 Å². The van der Waals surface area contributed by atoms with Gasteiger partial charge in [0.15, 0.2) is 0 Å². The summed E-state index contributed by atoms with van der Waals surface area (Å²) in [5, 5.41) is 7.48. The summed E-state index contributed by atoms with van der Waals surface area (Å²) in [5.74, 6) is -0.197. The molecule has 2 aromatic rings. The lowest BCUT2D eigenvalue weighted by Gasteiger charge is -2.06. The van der Waals surface area contributed by atoms with Gasteiger partial charge < -0.3 is 5.32 Å². The number of thiol groups is 1. The van der Waals surface area contributed by atoms with Crippen LogP contribution in [0.5, 0.6) is 0 Å². The van der Waals surface area contributed by atoms with Gasteiger partial charge in [-0.15, -0.1) is 12.6 Å². The lowest BCUT2D eigenvalue weighted by atomic mass is 10.2. The van der Waals surface area contributed by atoms with Gasteiger partial charge in [-0.2, -0.15) is 5.10 Å². The number of benzene rings is 1. The molecule has 0 unspecified atom stereocenters. The summed E-state index contributed by atoms with van der Waals surface area (Å²) in [7, 11) is 1.86. The van der Waals surface area contributed by atoms with E-state index in [9.17, 15) is 4.79 Å². The van der Waals surface area contributed by atoms with Gasteiger partial charge in [-0.25, -0.2) is 0 Å². The Morgan fingerprint density at radius 3 is 2.95 bits per heavy atom. The molecule has 0 aliphatic heterocycles. The van der Waals surface area contributed by atoms with Crippen LogP contribution < -0.4 is 5.32 Å². The van der Waals surface area contributed by atoms with Crippen LogP contribution >= 0.6 is 24.2 Å². The van der Waals surface area contributed by atoms with E-state index in [0.717, 1.165) is 5.69 Å². The molecule has 2 rings (SSSR count). The maximum atomic E-state index is 12.0. The zero-order valence-electron chi connectivity index (χ0n) is 10.4. The van der Waals surface area contributed by atoms with E-state index in [2.05, 4.69) is 23.0 Å². The number of hydrogen-bond acceptors (Lipinski definition) is 3. The molecule has 0 fully saturated rings. The molecule has 1 aromatic carbocycles. The molecule has 0 aliphatic carbocycles. The van der Waals surface area contributed by atoms with Crippen LogP contribution in [0.2, 0.25) is 5.02 Å². The average Bonchev–Trinajstić information content (AvgIpc) is 2.78. The van der Waals surface area contributed by atoms with Gasteiger partial charge in [0, 0.05) is 31.1 Å². The maximum Gasteiger partial charge on any atom is 0.252 e. The van der Waals surface area contributed by atoms with Crippen molar-refractivity contribution in [3.8, 4) is 0 Å². The van der Waals surface area contributed by atoms with Crippen molar-refractivity contribution in [2.75, 3.05) is 6.54 Å². The van der Waals surface area contributed by atoms with Crippen molar-refractivity contribution in [2.24, 2.45) is 7.05 Å². The SMILES string of the molecule is Cn1ccc(CCNC(=O)c2cc(S)ccc2Cl)n1. The van der Waals surface area contributed by atoms with Gasteiger partial charge in [0.2, 0.25) is 0 Å². The molecule has 6 heteroatoms. The molecule has 0 spiro atoms. The number of aromatic nitrogens is 2. The lowest BCUT2D eigenvalue weighted by molar-refractivity contribution is 0.0954. The number of carbonyl (C=O) groups is 1. The molecule has 0 radical (unpaired) electrons. The molecule has 0 atom stereocenters. The fourth-order valence-corrected chi connectivity index (χ4v) is 2.09. The monoisotopic (exact) mass is 295 g/mol. The molecule has 4 nitrogen and oxygen atoms in total. The number of carbonyl (C=O) groups excluding carboxylic acids is 1. The molecule has 1 amide bonds. The summed E-state index contributed by atoms with van der Waals surface area (Å²) in [6.07, 6.45) is 2.56. The van der Waals surface area contributed by atoms with E-state index < -0.39 is 0 Å². The average molecular weight is 296 g/mol. The van der Waals surface area contributed by atoms with Crippen molar-refractivity contribution in [1.29, 1.82) is 0 Å². The van der Waals surface area contributed by atoms with E-state index >= 15 is 0 Å². The zero-order chi connectivity index (χ0) is 13.8. The molecular weight excluding hydrogens is 282 g/mol. The first-order chi connectivity index (χ1) is 9.06. The smallest absolute Gasteiger partial charge is 0.252 e. The topological polar surface area (TPSA) is 46.9 Å². The van der Waals surface area contributed by atoms with E-state index in [1.807, 2.05) is 19.3 Å². The minimum Gasteiger partial charge on any atom is -0.352 e. The normalized spacial score (nSPS) is 10.5. The Morgan fingerprint density at radius 2 is 2.26 bits per heavy atom. The van der Waals surface area contributed by atoms with Crippen LogP contribution in [0.4, 0.5) is 0 Å².